The Hall–Kier alpha value is -1.57. The predicted octanol–water partition coefficient (Wildman–Crippen LogP) is 3.52. The Morgan fingerprint density at radius 3 is 2.57 bits per heavy atom. The number of carbonyl (C=O) groups is 1. The molecule has 0 aliphatic rings. The van der Waals surface area contributed by atoms with Crippen molar-refractivity contribution in [2.24, 2.45) is 0 Å². The summed E-state index contributed by atoms with van der Waals surface area (Å²) in [5.74, 6) is -1.18. The van der Waals surface area contributed by atoms with Crippen molar-refractivity contribution in [1.82, 2.24) is 0 Å². The third kappa shape index (κ3) is 3.20. The fourth-order valence-electron chi connectivity index (χ4n) is 1.74. The summed E-state index contributed by atoms with van der Waals surface area (Å²) >= 11 is 6.93. The first kappa shape index (κ1) is 15.8. The van der Waals surface area contributed by atoms with Gasteiger partial charge in [-0.2, -0.15) is 0 Å². The maximum atomic E-state index is 12.4. The van der Waals surface area contributed by atoms with Crippen LogP contribution in [0.4, 0.5) is 5.69 Å². The molecule has 21 heavy (non-hydrogen) atoms. The minimum absolute atomic E-state index is 0.0562. The maximum Gasteiger partial charge on any atom is 0.348 e. The SMILES string of the molecule is Cc1ccc(S(=O)(=O)Nc2c(C)csc2C(=O)O)c(Cl)c1. The molecule has 0 aliphatic heterocycles. The number of carboxylic acids is 1. The number of aromatic carboxylic acids is 1. The normalized spacial score (nSPS) is 11.4. The van der Waals surface area contributed by atoms with Crippen LogP contribution in [0.2, 0.25) is 5.02 Å². The average Bonchev–Trinajstić information content (AvgIpc) is 2.70. The van der Waals surface area contributed by atoms with Gasteiger partial charge in [0.25, 0.3) is 10.0 Å². The number of halogens is 1. The molecule has 0 aliphatic carbocycles. The van der Waals surface area contributed by atoms with Crippen LogP contribution in [-0.4, -0.2) is 19.5 Å². The van der Waals surface area contributed by atoms with Crippen LogP contribution in [0.15, 0.2) is 28.5 Å². The van der Waals surface area contributed by atoms with Gasteiger partial charge in [0.1, 0.15) is 9.77 Å². The molecule has 0 spiro atoms. The molecular weight excluding hydrogens is 334 g/mol. The van der Waals surface area contributed by atoms with Gasteiger partial charge in [0, 0.05) is 0 Å². The zero-order chi connectivity index (χ0) is 15.8. The molecule has 0 fully saturated rings. The zero-order valence-corrected chi connectivity index (χ0v) is 13.6. The van der Waals surface area contributed by atoms with E-state index < -0.39 is 16.0 Å². The molecule has 5 nitrogen and oxygen atoms in total. The van der Waals surface area contributed by atoms with Crippen LogP contribution in [-0.2, 0) is 10.0 Å². The Bertz CT molecular complexity index is 812. The molecule has 0 atom stereocenters. The highest BCUT2D eigenvalue weighted by atomic mass is 35.5. The van der Waals surface area contributed by atoms with Crippen molar-refractivity contribution in [3.8, 4) is 0 Å². The first-order valence-electron chi connectivity index (χ1n) is 5.82. The molecule has 8 heteroatoms. The maximum absolute atomic E-state index is 12.4. The number of benzene rings is 1. The van der Waals surface area contributed by atoms with Crippen molar-refractivity contribution in [3.63, 3.8) is 0 Å². The van der Waals surface area contributed by atoms with Gasteiger partial charge in [-0.1, -0.05) is 17.7 Å². The average molecular weight is 346 g/mol. The standard InChI is InChI=1S/C13H12ClNO4S2/c1-7-3-4-10(9(14)5-7)21(18,19)15-11-8(2)6-20-12(11)13(16)17/h3-6,15H,1-2H3,(H,16,17). The molecule has 0 saturated carbocycles. The molecule has 2 rings (SSSR count). The van der Waals surface area contributed by atoms with E-state index >= 15 is 0 Å². The lowest BCUT2D eigenvalue weighted by molar-refractivity contribution is 0.0703. The second-order valence-corrected chi connectivity index (χ2v) is 7.41. The second kappa shape index (κ2) is 5.67. The van der Waals surface area contributed by atoms with E-state index in [1.54, 1.807) is 25.3 Å². The smallest absolute Gasteiger partial charge is 0.348 e. The lowest BCUT2D eigenvalue weighted by Gasteiger charge is -2.10. The van der Waals surface area contributed by atoms with E-state index in [2.05, 4.69) is 4.72 Å². The number of hydrogen-bond acceptors (Lipinski definition) is 4. The van der Waals surface area contributed by atoms with Crippen molar-refractivity contribution in [3.05, 3.63) is 44.6 Å². The number of thiophene rings is 1. The van der Waals surface area contributed by atoms with E-state index in [4.69, 9.17) is 16.7 Å². The first-order chi connectivity index (χ1) is 9.72. The first-order valence-corrected chi connectivity index (χ1v) is 8.57. The van der Waals surface area contributed by atoms with Crippen LogP contribution in [0.5, 0.6) is 0 Å². The van der Waals surface area contributed by atoms with Crippen molar-refractivity contribution in [2.45, 2.75) is 18.7 Å². The fraction of sp³-hybridized carbons (Fsp3) is 0.154. The number of anilines is 1. The molecule has 2 N–H and O–H groups in total. The highest BCUT2D eigenvalue weighted by molar-refractivity contribution is 7.92. The van der Waals surface area contributed by atoms with Crippen LogP contribution < -0.4 is 4.72 Å². The van der Waals surface area contributed by atoms with Crippen LogP contribution in [0.25, 0.3) is 0 Å². The minimum atomic E-state index is -3.95. The Balaban J connectivity index is 2.47. The Kier molecular flexibility index (Phi) is 4.27. The van der Waals surface area contributed by atoms with Gasteiger partial charge in [0.2, 0.25) is 0 Å². The minimum Gasteiger partial charge on any atom is -0.477 e. The van der Waals surface area contributed by atoms with Crippen LogP contribution in [0.1, 0.15) is 20.8 Å². The van der Waals surface area contributed by atoms with Gasteiger partial charge < -0.3 is 5.11 Å². The molecule has 112 valence electrons. The predicted molar refractivity (Wildman–Crippen MR) is 83.0 cm³/mol. The highest BCUT2D eigenvalue weighted by Crippen LogP contribution is 2.31. The summed E-state index contributed by atoms with van der Waals surface area (Å²) in [6.45, 7) is 3.43. The number of nitrogens with one attached hydrogen (secondary N) is 1. The summed E-state index contributed by atoms with van der Waals surface area (Å²) in [5, 5.41) is 10.8. The summed E-state index contributed by atoms with van der Waals surface area (Å²) in [6.07, 6.45) is 0. The van der Waals surface area contributed by atoms with Crippen LogP contribution in [0.3, 0.4) is 0 Å². The summed E-state index contributed by atoms with van der Waals surface area (Å²) in [6, 6.07) is 4.55. The largest absolute Gasteiger partial charge is 0.477 e. The van der Waals surface area contributed by atoms with Gasteiger partial charge in [-0.3, -0.25) is 4.72 Å². The second-order valence-electron chi connectivity index (χ2n) is 4.47. The van der Waals surface area contributed by atoms with E-state index in [1.165, 1.54) is 12.1 Å². The summed E-state index contributed by atoms with van der Waals surface area (Å²) in [7, 11) is -3.95. The third-order valence-electron chi connectivity index (χ3n) is 2.78. The molecule has 1 aromatic heterocycles. The van der Waals surface area contributed by atoms with Gasteiger partial charge in [-0.05, 0) is 42.5 Å². The van der Waals surface area contributed by atoms with Gasteiger partial charge in [0.15, 0.2) is 0 Å². The summed E-state index contributed by atoms with van der Waals surface area (Å²) < 4.78 is 27.1. The lowest BCUT2D eigenvalue weighted by Crippen LogP contribution is -2.15. The number of rotatable bonds is 4. The number of carboxylic acid groups (broad SMARTS) is 1. The van der Waals surface area contributed by atoms with Gasteiger partial charge >= 0.3 is 5.97 Å². The van der Waals surface area contributed by atoms with Crippen LogP contribution >= 0.6 is 22.9 Å². The van der Waals surface area contributed by atoms with E-state index in [-0.39, 0.29) is 20.5 Å². The van der Waals surface area contributed by atoms with Crippen molar-refractivity contribution >= 4 is 44.6 Å². The van der Waals surface area contributed by atoms with Crippen molar-refractivity contribution in [2.75, 3.05) is 4.72 Å². The topological polar surface area (TPSA) is 83.5 Å². The Labute approximate surface area is 131 Å². The van der Waals surface area contributed by atoms with Gasteiger partial charge in [0.05, 0.1) is 10.7 Å². The molecule has 0 amide bonds. The Morgan fingerprint density at radius 1 is 1.33 bits per heavy atom. The molecule has 2 aromatic rings. The quantitative estimate of drug-likeness (QED) is 0.888. The highest BCUT2D eigenvalue weighted by Gasteiger charge is 2.23. The molecule has 1 heterocycles. The zero-order valence-electron chi connectivity index (χ0n) is 11.2. The molecule has 1 aromatic carbocycles. The number of aryl methyl sites for hydroxylation is 2. The molecule has 0 bridgehead atoms. The molecule has 0 saturated heterocycles. The van der Waals surface area contributed by atoms with Gasteiger partial charge in [-0.15, -0.1) is 11.3 Å². The van der Waals surface area contributed by atoms with E-state index in [9.17, 15) is 13.2 Å². The monoisotopic (exact) mass is 345 g/mol. The van der Waals surface area contributed by atoms with Crippen molar-refractivity contribution < 1.29 is 18.3 Å². The molecule has 0 unspecified atom stereocenters. The summed E-state index contributed by atoms with van der Waals surface area (Å²) in [5.41, 5.74) is 1.45. The lowest BCUT2D eigenvalue weighted by atomic mass is 10.2. The van der Waals surface area contributed by atoms with Gasteiger partial charge in [-0.25, -0.2) is 13.2 Å². The fourth-order valence-corrected chi connectivity index (χ4v) is 4.39. The number of sulfonamides is 1. The summed E-state index contributed by atoms with van der Waals surface area (Å²) in [4.78, 5) is 11.0. The number of hydrogen-bond donors (Lipinski definition) is 2. The molecular formula is C13H12ClNO4S2. The molecule has 0 radical (unpaired) electrons. The van der Waals surface area contributed by atoms with Crippen LogP contribution in [0, 0.1) is 13.8 Å². The van der Waals surface area contributed by atoms with E-state index in [0.29, 0.717) is 5.56 Å². The third-order valence-corrected chi connectivity index (χ3v) is 5.70. The Morgan fingerprint density at radius 2 is 2.00 bits per heavy atom. The van der Waals surface area contributed by atoms with E-state index in [0.717, 1.165) is 16.9 Å². The van der Waals surface area contributed by atoms with Crippen molar-refractivity contribution in [1.29, 1.82) is 0 Å². The van der Waals surface area contributed by atoms with E-state index in [1.807, 2.05) is 0 Å².